The monoisotopic (exact) mass is 194 g/mol. The summed E-state index contributed by atoms with van der Waals surface area (Å²) in [7, 11) is 0. The highest BCUT2D eigenvalue weighted by atomic mass is 35.5. The Hall–Kier alpha value is -1.11. The SMILES string of the molecule is N#Cc1ccc2sc(Cl)cc2n1. The van der Waals surface area contributed by atoms with Gasteiger partial charge in [-0.05, 0) is 18.2 Å². The fourth-order valence-corrected chi connectivity index (χ4v) is 2.03. The molecule has 0 aliphatic rings. The van der Waals surface area contributed by atoms with Crippen LogP contribution in [0.15, 0.2) is 18.2 Å². The average molecular weight is 195 g/mol. The normalized spacial score (nSPS) is 10.0. The first-order chi connectivity index (χ1) is 5.79. The minimum atomic E-state index is 0.428. The number of nitriles is 1. The van der Waals surface area contributed by atoms with E-state index in [1.807, 2.05) is 12.1 Å². The maximum atomic E-state index is 8.56. The van der Waals surface area contributed by atoms with Gasteiger partial charge >= 0.3 is 0 Å². The Kier molecular flexibility index (Phi) is 1.72. The van der Waals surface area contributed by atoms with E-state index >= 15 is 0 Å². The smallest absolute Gasteiger partial charge is 0.141 e. The zero-order valence-corrected chi connectivity index (χ0v) is 7.49. The molecule has 0 amide bonds. The standard InChI is InChI=1S/C8H3ClN2S/c9-8-3-6-7(12-8)2-1-5(4-10)11-6/h1-3H. The van der Waals surface area contributed by atoms with Crippen molar-refractivity contribution in [2.45, 2.75) is 0 Å². The molecule has 2 heterocycles. The zero-order valence-electron chi connectivity index (χ0n) is 5.91. The second-order valence-corrected chi connectivity index (χ2v) is 3.96. The van der Waals surface area contributed by atoms with Crippen LogP contribution in [-0.2, 0) is 0 Å². The van der Waals surface area contributed by atoms with Crippen molar-refractivity contribution in [3.8, 4) is 6.07 Å². The molecule has 2 nitrogen and oxygen atoms in total. The van der Waals surface area contributed by atoms with Crippen molar-refractivity contribution in [1.29, 1.82) is 5.26 Å². The molecule has 0 spiro atoms. The van der Waals surface area contributed by atoms with E-state index in [1.54, 1.807) is 12.1 Å². The number of hydrogen-bond acceptors (Lipinski definition) is 3. The Morgan fingerprint density at radius 3 is 3.08 bits per heavy atom. The van der Waals surface area contributed by atoms with Crippen molar-refractivity contribution in [2.24, 2.45) is 0 Å². The van der Waals surface area contributed by atoms with Gasteiger partial charge in [0.2, 0.25) is 0 Å². The third-order valence-electron chi connectivity index (χ3n) is 1.46. The van der Waals surface area contributed by atoms with Crippen LogP contribution in [0.1, 0.15) is 5.69 Å². The predicted molar refractivity (Wildman–Crippen MR) is 49.3 cm³/mol. The van der Waals surface area contributed by atoms with Gasteiger partial charge in [-0.25, -0.2) is 4.98 Å². The van der Waals surface area contributed by atoms with Crippen molar-refractivity contribution >= 4 is 33.2 Å². The van der Waals surface area contributed by atoms with E-state index in [4.69, 9.17) is 16.9 Å². The molecule has 0 aromatic carbocycles. The molecule has 0 saturated heterocycles. The molecule has 2 rings (SSSR count). The molecular weight excluding hydrogens is 192 g/mol. The molecule has 0 N–H and O–H groups in total. The van der Waals surface area contributed by atoms with E-state index < -0.39 is 0 Å². The van der Waals surface area contributed by atoms with Crippen LogP contribution >= 0.6 is 22.9 Å². The van der Waals surface area contributed by atoms with E-state index in [9.17, 15) is 0 Å². The molecule has 0 unspecified atom stereocenters. The molecule has 4 heteroatoms. The van der Waals surface area contributed by atoms with Gasteiger partial charge in [0.25, 0.3) is 0 Å². The number of thiophene rings is 1. The lowest BCUT2D eigenvalue weighted by Gasteiger charge is -1.87. The minimum Gasteiger partial charge on any atom is -0.236 e. The molecule has 0 aliphatic carbocycles. The van der Waals surface area contributed by atoms with Crippen LogP contribution in [0.4, 0.5) is 0 Å². The second kappa shape index (κ2) is 2.74. The number of nitrogens with zero attached hydrogens (tertiary/aromatic N) is 2. The highest BCUT2D eigenvalue weighted by Crippen LogP contribution is 2.27. The molecule has 58 valence electrons. The molecule has 0 fully saturated rings. The Bertz CT molecular complexity index is 469. The summed E-state index contributed by atoms with van der Waals surface area (Å²) in [4.78, 5) is 4.08. The third kappa shape index (κ3) is 1.15. The van der Waals surface area contributed by atoms with Gasteiger partial charge in [-0.3, -0.25) is 0 Å². The van der Waals surface area contributed by atoms with Crippen LogP contribution in [0.25, 0.3) is 10.2 Å². The van der Waals surface area contributed by atoms with Crippen molar-refractivity contribution in [3.05, 3.63) is 28.2 Å². The number of pyridine rings is 1. The summed E-state index contributed by atoms with van der Waals surface area (Å²) in [6.45, 7) is 0. The fourth-order valence-electron chi connectivity index (χ4n) is 0.956. The maximum Gasteiger partial charge on any atom is 0.141 e. The molecule has 0 aliphatic heterocycles. The van der Waals surface area contributed by atoms with Gasteiger partial charge in [0.05, 0.1) is 14.6 Å². The lowest BCUT2D eigenvalue weighted by atomic mass is 10.3. The third-order valence-corrected chi connectivity index (χ3v) is 2.68. The largest absolute Gasteiger partial charge is 0.236 e. The molecular formula is C8H3ClN2S. The molecule has 0 saturated carbocycles. The summed E-state index contributed by atoms with van der Waals surface area (Å²) in [5, 5.41) is 8.56. The Morgan fingerprint density at radius 2 is 2.33 bits per heavy atom. The summed E-state index contributed by atoms with van der Waals surface area (Å²) in [6.07, 6.45) is 0. The van der Waals surface area contributed by atoms with E-state index in [1.165, 1.54) is 11.3 Å². The van der Waals surface area contributed by atoms with E-state index in [2.05, 4.69) is 4.98 Å². The van der Waals surface area contributed by atoms with Gasteiger partial charge in [-0.2, -0.15) is 5.26 Å². The van der Waals surface area contributed by atoms with Crippen LogP contribution in [0.2, 0.25) is 4.34 Å². The Morgan fingerprint density at radius 1 is 1.50 bits per heavy atom. The molecule has 2 aromatic rings. The number of halogens is 1. The van der Waals surface area contributed by atoms with Crippen LogP contribution in [0.5, 0.6) is 0 Å². The average Bonchev–Trinajstić information content (AvgIpc) is 2.43. The molecule has 0 radical (unpaired) electrons. The van der Waals surface area contributed by atoms with Gasteiger partial charge in [-0.1, -0.05) is 11.6 Å². The van der Waals surface area contributed by atoms with Crippen molar-refractivity contribution in [3.63, 3.8) is 0 Å². The Balaban J connectivity index is 2.77. The van der Waals surface area contributed by atoms with Gasteiger partial charge in [-0.15, -0.1) is 11.3 Å². The summed E-state index contributed by atoms with van der Waals surface area (Å²) < 4.78 is 1.71. The minimum absolute atomic E-state index is 0.428. The van der Waals surface area contributed by atoms with Crippen LogP contribution in [0.3, 0.4) is 0 Å². The van der Waals surface area contributed by atoms with Gasteiger partial charge in [0.1, 0.15) is 11.8 Å². The highest BCUT2D eigenvalue weighted by molar-refractivity contribution is 7.22. The van der Waals surface area contributed by atoms with E-state index in [0.717, 1.165) is 10.2 Å². The quantitative estimate of drug-likeness (QED) is 0.647. The van der Waals surface area contributed by atoms with Gasteiger partial charge < -0.3 is 0 Å². The number of rotatable bonds is 0. The molecule has 0 atom stereocenters. The number of fused-ring (bicyclic) bond motifs is 1. The fraction of sp³-hybridized carbons (Fsp3) is 0. The van der Waals surface area contributed by atoms with Crippen molar-refractivity contribution in [1.82, 2.24) is 4.98 Å². The van der Waals surface area contributed by atoms with Crippen LogP contribution in [0, 0.1) is 11.3 Å². The first-order valence-corrected chi connectivity index (χ1v) is 4.45. The van der Waals surface area contributed by atoms with Crippen LogP contribution < -0.4 is 0 Å². The summed E-state index contributed by atoms with van der Waals surface area (Å²) in [6, 6.07) is 7.29. The lowest BCUT2D eigenvalue weighted by Crippen LogP contribution is -1.78. The van der Waals surface area contributed by atoms with Crippen molar-refractivity contribution in [2.75, 3.05) is 0 Å². The zero-order chi connectivity index (χ0) is 8.55. The van der Waals surface area contributed by atoms with Crippen molar-refractivity contribution < 1.29 is 0 Å². The maximum absolute atomic E-state index is 8.56. The second-order valence-electron chi connectivity index (χ2n) is 2.24. The molecule has 12 heavy (non-hydrogen) atoms. The first kappa shape index (κ1) is 7.53. The van der Waals surface area contributed by atoms with Gasteiger partial charge in [0.15, 0.2) is 0 Å². The molecule has 2 aromatic heterocycles. The van der Waals surface area contributed by atoms with Crippen LogP contribution in [-0.4, -0.2) is 4.98 Å². The first-order valence-electron chi connectivity index (χ1n) is 3.26. The summed E-state index contributed by atoms with van der Waals surface area (Å²) >= 11 is 7.24. The highest BCUT2D eigenvalue weighted by Gasteiger charge is 2.01. The Labute approximate surface area is 78.0 Å². The number of hydrogen-bond donors (Lipinski definition) is 0. The summed E-state index contributed by atoms with van der Waals surface area (Å²) in [5.74, 6) is 0. The lowest BCUT2D eigenvalue weighted by molar-refractivity contribution is 1.33. The predicted octanol–water partition coefficient (Wildman–Crippen LogP) is 2.82. The van der Waals surface area contributed by atoms with E-state index in [0.29, 0.717) is 10.0 Å². The molecule has 0 bridgehead atoms. The topological polar surface area (TPSA) is 36.7 Å². The summed E-state index contributed by atoms with van der Waals surface area (Å²) in [5.41, 5.74) is 1.22. The van der Waals surface area contributed by atoms with E-state index in [-0.39, 0.29) is 0 Å². The number of aromatic nitrogens is 1. The van der Waals surface area contributed by atoms with Gasteiger partial charge in [0, 0.05) is 0 Å².